The van der Waals surface area contributed by atoms with Gasteiger partial charge >= 0.3 is 0 Å². The quantitative estimate of drug-likeness (QED) is 0.629. The Hall–Kier alpha value is -1.65. The molecule has 0 bridgehead atoms. The SMILES string of the molecule is CON(C)Cc1ccc(N)c2cccnc12. The van der Waals surface area contributed by atoms with E-state index in [9.17, 15) is 0 Å². The van der Waals surface area contributed by atoms with E-state index < -0.39 is 0 Å². The lowest BCUT2D eigenvalue weighted by molar-refractivity contribution is -0.116. The molecule has 1 aromatic heterocycles. The van der Waals surface area contributed by atoms with E-state index in [1.165, 1.54) is 0 Å². The maximum Gasteiger partial charge on any atom is 0.0768 e. The van der Waals surface area contributed by atoms with Crippen LogP contribution in [0.15, 0.2) is 30.5 Å². The molecule has 1 aromatic carbocycles. The molecule has 0 aliphatic rings. The number of anilines is 1. The van der Waals surface area contributed by atoms with Gasteiger partial charge in [0, 0.05) is 24.3 Å². The predicted molar refractivity (Wildman–Crippen MR) is 64.6 cm³/mol. The van der Waals surface area contributed by atoms with E-state index in [0.29, 0.717) is 6.54 Å². The molecule has 0 spiro atoms. The summed E-state index contributed by atoms with van der Waals surface area (Å²) in [5.41, 5.74) is 8.70. The van der Waals surface area contributed by atoms with Crippen molar-refractivity contribution < 1.29 is 4.84 Å². The first kappa shape index (κ1) is 10.9. The topological polar surface area (TPSA) is 51.4 Å². The van der Waals surface area contributed by atoms with Gasteiger partial charge in [-0.3, -0.25) is 4.98 Å². The number of pyridine rings is 1. The largest absolute Gasteiger partial charge is 0.398 e. The number of hydroxylamine groups is 2. The van der Waals surface area contributed by atoms with Gasteiger partial charge in [0.1, 0.15) is 0 Å². The fourth-order valence-electron chi connectivity index (χ4n) is 1.69. The molecule has 1 heterocycles. The van der Waals surface area contributed by atoms with Crippen LogP contribution >= 0.6 is 0 Å². The maximum absolute atomic E-state index is 5.90. The van der Waals surface area contributed by atoms with Gasteiger partial charge in [-0.25, -0.2) is 0 Å². The van der Waals surface area contributed by atoms with Crippen molar-refractivity contribution in [1.29, 1.82) is 0 Å². The second-order valence-corrected chi connectivity index (χ2v) is 3.68. The molecular weight excluding hydrogens is 202 g/mol. The summed E-state index contributed by atoms with van der Waals surface area (Å²) in [6.07, 6.45) is 1.78. The highest BCUT2D eigenvalue weighted by molar-refractivity contribution is 5.92. The van der Waals surface area contributed by atoms with E-state index in [2.05, 4.69) is 4.98 Å². The molecule has 2 aromatic rings. The molecular formula is C12H15N3O. The molecule has 84 valence electrons. The zero-order valence-electron chi connectivity index (χ0n) is 9.47. The predicted octanol–water partition coefficient (Wildman–Crippen LogP) is 1.81. The van der Waals surface area contributed by atoms with Gasteiger partial charge in [-0.15, -0.1) is 0 Å². The Morgan fingerprint density at radius 3 is 2.94 bits per heavy atom. The summed E-state index contributed by atoms with van der Waals surface area (Å²) in [5, 5.41) is 2.74. The van der Waals surface area contributed by atoms with Gasteiger partial charge in [-0.1, -0.05) is 6.07 Å². The minimum Gasteiger partial charge on any atom is -0.398 e. The molecule has 0 unspecified atom stereocenters. The van der Waals surface area contributed by atoms with E-state index in [1.54, 1.807) is 18.4 Å². The molecule has 0 aliphatic carbocycles. The zero-order valence-corrected chi connectivity index (χ0v) is 9.47. The van der Waals surface area contributed by atoms with Gasteiger partial charge < -0.3 is 10.6 Å². The molecule has 0 aliphatic heterocycles. The van der Waals surface area contributed by atoms with Crippen molar-refractivity contribution in [3.8, 4) is 0 Å². The van der Waals surface area contributed by atoms with Gasteiger partial charge in [0.2, 0.25) is 0 Å². The Kier molecular flexibility index (Phi) is 3.03. The van der Waals surface area contributed by atoms with Crippen LogP contribution in [-0.4, -0.2) is 24.2 Å². The second-order valence-electron chi connectivity index (χ2n) is 3.68. The zero-order chi connectivity index (χ0) is 11.5. The monoisotopic (exact) mass is 217 g/mol. The third-order valence-electron chi connectivity index (χ3n) is 2.59. The minimum atomic E-state index is 0.685. The van der Waals surface area contributed by atoms with Gasteiger partial charge in [0.15, 0.2) is 0 Å². The van der Waals surface area contributed by atoms with Crippen molar-refractivity contribution >= 4 is 16.6 Å². The molecule has 0 saturated carbocycles. The first-order valence-electron chi connectivity index (χ1n) is 5.09. The Morgan fingerprint density at radius 2 is 2.19 bits per heavy atom. The lowest BCUT2D eigenvalue weighted by atomic mass is 10.1. The molecule has 0 atom stereocenters. The summed E-state index contributed by atoms with van der Waals surface area (Å²) in [6.45, 7) is 0.685. The van der Waals surface area contributed by atoms with Crippen LogP contribution in [0, 0.1) is 0 Å². The Balaban J connectivity index is 2.50. The van der Waals surface area contributed by atoms with Gasteiger partial charge in [0.25, 0.3) is 0 Å². The minimum absolute atomic E-state index is 0.685. The van der Waals surface area contributed by atoms with Gasteiger partial charge in [-0.2, -0.15) is 5.06 Å². The number of nitrogens with zero attached hydrogens (tertiary/aromatic N) is 2. The number of aromatic nitrogens is 1. The standard InChI is InChI=1S/C12H15N3O/c1-15(16-2)8-9-5-6-11(13)10-4-3-7-14-12(9)10/h3-7H,8,13H2,1-2H3. The van der Waals surface area contributed by atoms with E-state index in [0.717, 1.165) is 22.2 Å². The van der Waals surface area contributed by atoms with Crippen molar-refractivity contribution in [2.45, 2.75) is 6.54 Å². The van der Waals surface area contributed by atoms with Crippen molar-refractivity contribution in [3.63, 3.8) is 0 Å². The molecule has 2 rings (SSSR count). The molecule has 16 heavy (non-hydrogen) atoms. The lowest BCUT2D eigenvalue weighted by Crippen LogP contribution is -2.16. The van der Waals surface area contributed by atoms with Crippen LogP contribution in [0.2, 0.25) is 0 Å². The first-order valence-corrected chi connectivity index (χ1v) is 5.09. The van der Waals surface area contributed by atoms with Crippen molar-refractivity contribution in [2.75, 3.05) is 19.9 Å². The van der Waals surface area contributed by atoms with Crippen LogP contribution in [0.25, 0.3) is 10.9 Å². The van der Waals surface area contributed by atoms with E-state index in [-0.39, 0.29) is 0 Å². The Bertz CT molecular complexity index is 499. The number of fused-ring (bicyclic) bond motifs is 1. The molecule has 4 heteroatoms. The van der Waals surface area contributed by atoms with Gasteiger partial charge in [-0.05, 0) is 23.8 Å². The van der Waals surface area contributed by atoms with E-state index in [1.807, 2.05) is 31.3 Å². The first-order chi connectivity index (χ1) is 7.72. The number of rotatable bonds is 3. The number of nitrogen functional groups attached to an aromatic ring is 1. The highest BCUT2D eigenvalue weighted by atomic mass is 16.7. The van der Waals surface area contributed by atoms with Crippen LogP contribution in [0.1, 0.15) is 5.56 Å². The summed E-state index contributed by atoms with van der Waals surface area (Å²) < 4.78 is 0. The molecule has 0 saturated heterocycles. The number of hydrogen-bond donors (Lipinski definition) is 1. The highest BCUT2D eigenvalue weighted by Gasteiger charge is 2.06. The Morgan fingerprint density at radius 1 is 1.38 bits per heavy atom. The van der Waals surface area contributed by atoms with E-state index in [4.69, 9.17) is 10.6 Å². The summed E-state index contributed by atoms with van der Waals surface area (Å²) in [4.78, 5) is 9.47. The van der Waals surface area contributed by atoms with Crippen LogP contribution in [0.3, 0.4) is 0 Å². The van der Waals surface area contributed by atoms with Crippen molar-refractivity contribution in [3.05, 3.63) is 36.0 Å². The van der Waals surface area contributed by atoms with Crippen molar-refractivity contribution in [1.82, 2.24) is 10.0 Å². The summed E-state index contributed by atoms with van der Waals surface area (Å²) in [7, 11) is 3.53. The lowest BCUT2D eigenvalue weighted by Gasteiger charge is -2.15. The second kappa shape index (κ2) is 4.47. The summed E-state index contributed by atoms with van der Waals surface area (Å²) >= 11 is 0. The molecule has 2 N–H and O–H groups in total. The number of benzene rings is 1. The van der Waals surface area contributed by atoms with E-state index >= 15 is 0 Å². The average Bonchev–Trinajstić information content (AvgIpc) is 2.33. The fraction of sp³-hybridized carbons (Fsp3) is 0.250. The normalized spacial score (nSPS) is 11.2. The molecule has 4 nitrogen and oxygen atoms in total. The third kappa shape index (κ3) is 1.98. The number of hydrogen-bond acceptors (Lipinski definition) is 4. The molecule has 0 amide bonds. The smallest absolute Gasteiger partial charge is 0.0768 e. The third-order valence-corrected chi connectivity index (χ3v) is 2.59. The number of nitrogens with two attached hydrogens (primary N) is 1. The maximum atomic E-state index is 5.90. The fourth-order valence-corrected chi connectivity index (χ4v) is 1.69. The van der Waals surface area contributed by atoms with Crippen LogP contribution in [0.5, 0.6) is 0 Å². The highest BCUT2D eigenvalue weighted by Crippen LogP contribution is 2.23. The van der Waals surface area contributed by atoms with Gasteiger partial charge in [0.05, 0.1) is 19.2 Å². The van der Waals surface area contributed by atoms with Crippen LogP contribution in [0.4, 0.5) is 5.69 Å². The van der Waals surface area contributed by atoms with Crippen molar-refractivity contribution in [2.24, 2.45) is 0 Å². The Labute approximate surface area is 94.6 Å². The summed E-state index contributed by atoms with van der Waals surface area (Å²) in [5.74, 6) is 0. The van der Waals surface area contributed by atoms with Crippen LogP contribution in [-0.2, 0) is 11.4 Å². The molecule has 0 fully saturated rings. The van der Waals surface area contributed by atoms with Crippen LogP contribution < -0.4 is 5.73 Å². The molecule has 0 radical (unpaired) electrons. The summed E-state index contributed by atoms with van der Waals surface area (Å²) in [6, 6.07) is 7.76. The average molecular weight is 217 g/mol.